The maximum Gasteiger partial charge on any atom is 0.251 e. The summed E-state index contributed by atoms with van der Waals surface area (Å²) in [4.78, 5) is 23.5. The van der Waals surface area contributed by atoms with Gasteiger partial charge in [-0.15, -0.1) is 0 Å². The van der Waals surface area contributed by atoms with E-state index in [4.69, 9.17) is 0 Å². The molecule has 2 amide bonds. The number of anilines is 1. The lowest BCUT2D eigenvalue weighted by atomic mass is 9.98. The summed E-state index contributed by atoms with van der Waals surface area (Å²) in [7, 11) is 0. The van der Waals surface area contributed by atoms with Crippen LogP contribution >= 0.6 is 0 Å². The Balaban J connectivity index is 1.60. The zero-order valence-electron chi connectivity index (χ0n) is 12.1. The summed E-state index contributed by atoms with van der Waals surface area (Å²) in [5.74, 6) is 0.546. The fraction of sp³-hybridized carbons (Fsp3) is 0.500. The molecule has 3 N–H and O–H groups in total. The van der Waals surface area contributed by atoms with E-state index in [1.165, 1.54) is 12.8 Å². The monoisotopic (exact) mass is 287 g/mol. The van der Waals surface area contributed by atoms with Crippen LogP contribution in [0.3, 0.4) is 0 Å². The fourth-order valence-corrected chi connectivity index (χ4v) is 2.96. The molecule has 2 aliphatic heterocycles. The quantitative estimate of drug-likeness (QED) is 0.785. The highest BCUT2D eigenvalue weighted by atomic mass is 16.2. The Labute approximate surface area is 124 Å². The Kier molecular flexibility index (Phi) is 4.20. The molecule has 112 valence electrons. The van der Waals surface area contributed by atoms with Crippen LogP contribution in [0.15, 0.2) is 18.2 Å². The van der Waals surface area contributed by atoms with Gasteiger partial charge < -0.3 is 16.0 Å². The summed E-state index contributed by atoms with van der Waals surface area (Å²) in [5.41, 5.74) is 2.55. The van der Waals surface area contributed by atoms with Gasteiger partial charge in [-0.05, 0) is 62.0 Å². The van der Waals surface area contributed by atoms with Crippen molar-refractivity contribution in [3.63, 3.8) is 0 Å². The lowest BCUT2D eigenvalue weighted by Crippen LogP contribution is -2.38. The number of hydrogen-bond donors (Lipinski definition) is 3. The maximum atomic E-state index is 12.2. The minimum absolute atomic E-state index is 0.0275. The Morgan fingerprint density at radius 3 is 3.05 bits per heavy atom. The molecule has 0 bridgehead atoms. The molecule has 0 aliphatic carbocycles. The Morgan fingerprint density at radius 2 is 2.24 bits per heavy atom. The van der Waals surface area contributed by atoms with Crippen LogP contribution in [0.2, 0.25) is 0 Å². The van der Waals surface area contributed by atoms with Crippen molar-refractivity contribution < 1.29 is 9.59 Å². The topological polar surface area (TPSA) is 70.2 Å². The summed E-state index contributed by atoms with van der Waals surface area (Å²) in [5, 5.41) is 9.20. The molecule has 0 saturated carbocycles. The second-order valence-corrected chi connectivity index (χ2v) is 5.84. The largest absolute Gasteiger partial charge is 0.352 e. The first-order valence-electron chi connectivity index (χ1n) is 7.64. The van der Waals surface area contributed by atoms with Crippen molar-refractivity contribution in [2.75, 3.05) is 25.0 Å². The van der Waals surface area contributed by atoms with E-state index in [-0.39, 0.29) is 11.8 Å². The van der Waals surface area contributed by atoms with Gasteiger partial charge in [-0.1, -0.05) is 0 Å². The average Bonchev–Trinajstić information content (AvgIpc) is 2.53. The molecular weight excluding hydrogens is 266 g/mol. The lowest BCUT2D eigenvalue weighted by Gasteiger charge is -2.23. The maximum absolute atomic E-state index is 12.2. The molecule has 2 heterocycles. The van der Waals surface area contributed by atoms with Crippen molar-refractivity contribution >= 4 is 17.5 Å². The van der Waals surface area contributed by atoms with Crippen LogP contribution in [0.25, 0.3) is 0 Å². The van der Waals surface area contributed by atoms with Crippen LogP contribution in [0, 0.1) is 5.92 Å². The first kappa shape index (κ1) is 14.1. The zero-order valence-corrected chi connectivity index (χ0v) is 12.1. The van der Waals surface area contributed by atoms with E-state index in [1.807, 2.05) is 12.1 Å². The molecule has 1 aromatic carbocycles. The SMILES string of the molecule is O=C1CCc2cc(C(=O)NCC3CCCNC3)ccc2N1. The highest BCUT2D eigenvalue weighted by Crippen LogP contribution is 2.23. The molecule has 21 heavy (non-hydrogen) atoms. The smallest absolute Gasteiger partial charge is 0.251 e. The summed E-state index contributed by atoms with van der Waals surface area (Å²) >= 11 is 0. The molecule has 0 spiro atoms. The van der Waals surface area contributed by atoms with Crippen molar-refractivity contribution in [3.05, 3.63) is 29.3 Å². The molecule has 5 heteroatoms. The van der Waals surface area contributed by atoms with E-state index in [0.717, 1.165) is 30.9 Å². The van der Waals surface area contributed by atoms with Crippen molar-refractivity contribution in [1.29, 1.82) is 0 Å². The third kappa shape index (κ3) is 3.42. The van der Waals surface area contributed by atoms with Gasteiger partial charge in [-0.25, -0.2) is 0 Å². The molecule has 0 radical (unpaired) electrons. The number of benzene rings is 1. The van der Waals surface area contributed by atoms with Gasteiger partial charge in [-0.2, -0.15) is 0 Å². The van der Waals surface area contributed by atoms with Gasteiger partial charge in [0.05, 0.1) is 0 Å². The number of carbonyl (C=O) groups is 2. The molecule has 1 atom stereocenters. The van der Waals surface area contributed by atoms with Crippen molar-refractivity contribution in [2.24, 2.45) is 5.92 Å². The number of carbonyl (C=O) groups excluding carboxylic acids is 2. The normalized spacial score (nSPS) is 21.3. The minimum Gasteiger partial charge on any atom is -0.352 e. The fourth-order valence-electron chi connectivity index (χ4n) is 2.96. The van der Waals surface area contributed by atoms with Gasteiger partial charge in [0, 0.05) is 24.2 Å². The van der Waals surface area contributed by atoms with E-state index in [2.05, 4.69) is 16.0 Å². The van der Waals surface area contributed by atoms with Crippen LogP contribution in [0.4, 0.5) is 5.69 Å². The molecule has 2 aliphatic rings. The highest BCUT2D eigenvalue weighted by molar-refractivity contribution is 5.97. The van der Waals surface area contributed by atoms with Crippen LogP contribution < -0.4 is 16.0 Å². The summed E-state index contributed by atoms with van der Waals surface area (Å²) < 4.78 is 0. The van der Waals surface area contributed by atoms with Crippen molar-refractivity contribution in [2.45, 2.75) is 25.7 Å². The average molecular weight is 287 g/mol. The van der Waals surface area contributed by atoms with E-state index < -0.39 is 0 Å². The molecule has 1 fully saturated rings. The second kappa shape index (κ2) is 6.26. The second-order valence-electron chi connectivity index (χ2n) is 5.84. The number of rotatable bonds is 3. The summed E-state index contributed by atoms with van der Waals surface area (Å²) in [6, 6.07) is 5.49. The molecule has 1 aromatic rings. The number of aryl methyl sites for hydroxylation is 1. The van der Waals surface area contributed by atoms with E-state index >= 15 is 0 Å². The standard InChI is InChI=1S/C16H21N3O2/c20-15-6-4-12-8-13(3-5-14(12)19-15)16(21)18-10-11-2-1-7-17-9-11/h3,5,8,11,17H,1-2,4,6-7,9-10H2,(H,18,21)(H,19,20). The minimum atomic E-state index is -0.0275. The Hall–Kier alpha value is -1.88. The van der Waals surface area contributed by atoms with Gasteiger partial charge in [0.15, 0.2) is 0 Å². The van der Waals surface area contributed by atoms with Crippen LogP contribution in [0.5, 0.6) is 0 Å². The molecule has 1 unspecified atom stereocenters. The third-order valence-corrected chi connectivity index (χ3v) is 4.21. The highest BCUT2D eigenvalue weighted by Gasteiger charge is 2.18. The molecular formula is C16H21N3O2. The number of amides is 2. The first-order chi connectivity index (χ1) is 10.2. The van der Waals surface area contributed by atoms with Crippen LogP contribution in [0.1, 0.15) is 35.2 Å². The van der Waals surface area contributed by atoms with Gasteiger partial charge in [-0.3, -0.25) is 9.59 Å². The van der Waals surface area contributed by atoms with Gasteiger partial charge in [0.25, 0.3) is 5.91 Å². The van der Waals surface area contributed by atoms with Gasteiger partial charge in [0.2, 0.25) is 5.91 Å². The van der Waals surface area contributed by atoms with E-state index in [9.17, 15) is 9.59 Å². The van der Waals surface area contributed by atoms with Crippen molar-refractivity contribution in [1.82, 2.24) is 10.6 Å². The van der Waals surface area contributed by atoms with Gasteiger partial charge >= 0.3 is 0 Å². The Bertz CT molecular complexity index is 550. The molecule has 0 aromatic heterocycles. The number of nitrogens with one attached hydrogen (secondary N) is 3. The number of piperidine rings is 1. The molecule has 5 nitrogen and oxygen atoms in total. The molecule has 1 saturated heterocycles. The third-order valence-electron chi connectivity index (χ3n) is 4.21. The Morgan fingerprint density at radius 1 is 1.33 bits per heavy atom. The number of hydrogen-bond acceptors (Lipinski definition) is 3. The summed E-state index contributed by atoms with van der Waals surface area (Å²) in [6.07, 6.45) is 3.54. The molecule has 3 rings (SSSR count). The predicted octanol–water partition coefficient (Wildman–Crippen LogP) is 1.30. The van der Waals surface area contributed by atoms with E-state index in [1.54, 1.807) is 6.07 Å². The van der Waals surface area contributed by atoms with Crippen LogP contribution in [-0.2, 0) is 11.2 Å². The van der Waals surface area contributed by atoms with Crippen molar-refractivity contribution in [3.8, 4) is 0 Å². The van der Waals surface area contributed by atoms with E-state index in [0.29, 0.717) is 24.3 Å². The summed E-state index contributed by atoms with van der Waals surface area (Å²) in [6.45, 7) is 2.79. The predicted molar refractivity (Wildman–Crippen MR) is 81.3 cm³/mol. The zero-order chi connectivity index (χ0) is 14.7. The van der Waals surface area contributed by atoms with Crippen LogP contribution in [-0.4, -0.2) is 31.4 Å². The van der Waals surface area contributed by atoms with Gasteiger partial charge in [0.1, 0.15) is 0 Å². The number of fused-ring (bicyclic) bond motifs is 1. The lowest BCUT2D eigenvalue weighted by molar-refractivity contribution is -0.116. The first-order valence-corrected chi connectivity index (χ1v) is 7.64.